The number of aliphatic hydroxyl groups is 1. The van der Waals surface area contributed by atoms with Crippen molar-refractivity contribution < 1.29 is 51.3 Å². The number of halogens is 4. The number of fused-ring (bicyclic) bond motifs is 5. The van der Waals surface area contributed by atoms with Gasteiger partial charge in [-0.1, -0.05) is 44.2 Å². The highest BCUT2D eigenvalue weighted by molar-refractivity contribution is 5.94. The normalized spacial score (nSPS) is 19.2. The van der Waals surface area contributed by atoms with Gasteiger partial charge in [0.25, 0.3) is 11.5 Å². The second kappa shape index (κ2) is 15.0. The zero-order valence-electron chi connectivity index (χ0n) is 31.1. The number of carbonyl (C=O) groups is 4. The first-order valence-corrected chi connectivity index (χ1v) is 18.4. The topological polar surface area (TPSA) is 178 Å². The van der Waals surface area contributed by atoms with Gasteiger partial charge in [-0.3, -0.25) is 19.2 Å². The van der Waals surface area contributed by atoms with Gasteiger partial charge in [0.2, 0.25) is 17.9 Å². The number of alkyl halides is 3. The summed E-state index contributed by atoms with van der Waals surface area (Å²) in [7, 11) is 0. The number of aryl methyl sites for hydroxylation is 1. The van der Waals surface area contributed by atoms with Gasteiger partial charge in [-0.2, -0.15) is 13.2 Å². The third-order valence-corrected chi connectivity index (χ3v) is 11.0. The van der Waals surface area contributed by atoms with Crippen LogP contribution in [0.1, 0.15) is 71.7 Å². The zero-order valence-corrected chi connectivity index (χ0v) is 31.1. The molecule has 2 aromatic heterocycles. The Morgan fingerprint density at radius 1 is 1.09 bits per heavy atom. The second-order valence-electron chi connectivity index (χ2n) is 14.6. The van der Waals surface area contributed by atoms with E-state index in [0.717, 1.165) is 5.56 Å². The van der Waals surface area contributed by atoms with Crippen LogP contribution in [0, 0.1) is 18.7 Å². The summed E-state index contributed by atoms with van der Waals surface area (Å²) in [6.45, 7) is 2.73. The van der Waals surface area contributed by atoms with Crippen molar-refractivity contribution in [1.82, 2.24) is 25.5 Å². The molecule has 4 heterocycles. The summed E-state index contributed by atoms with van der Waals surface area (Å²) in [4.78, 5) is 69.6. The number of ether oxygens (including phenoxy) is 2. The van der Waals surface area contributed by atoms with Crippen LogP contribution in [0.15, 0.2) is 47.3 Å². The molecule has 13 nitrogen and oxygen atoms in total. The van der Waals surface area contributed by atoms with Gasteiger partial charge in [-0.05, 0) is 60.9 Å². The van der Waals surface area contributed by atoms with E-state index in [9.17, 15) is 42.3 Å². The molecule has 2 aromatic carbocycles. The number of benzene rings is 2. The van der Waals surface area contributed by atoms with Crippen LogP contribution in [0.4, 0.5) is 17.6 Å². The lowest BCUT2D eigenvalue weighted by Crippen LogP contribution is -2.49. The molecule has 2 aliphatic heterocycles. The maximum absolute atomic E-state index is 15.3. The Balaban J connectivity index is 1.12. The molecule has 0 radical (unpaired) electrons. The third kappa shape index (κ3) is 7.14. The van der Waals surface area contributed by atoms with Gasteiger partial charge >= 0.3 is 12.1 Å². The Hall–Kier alpha value is -5.68. The van der Waals surface area contributed by atoms with Gasteiger partial charge in [-0.15, -0.1) is 0 Å². The summed E-state index contributed by atoms with van der Waals surface area (Å²) in [6, 6.07) is 10.7. The van der Waals surface area contributed by atoms with E-state index in [1.54, 1.807) is 20.8 Å². The Kier molecular flexibility index (Phi) is 10.4. The largest absolute Gasteiger partial charge is 0.458 e. The molecule has 0 unspecified atom stereocenters. The highest BCUT2D eigenvalue weighted by atomic mass is 19.4. The van der Waals surface area contributed by atoms with Crippen molar-refractivity contribution in [2.45, 2.75) is 83.5 Å². The lowest BCUT2D eigenvalue weighted by atomic mass is 9.81. The van der Waals surface area contributed by atoms with Crippen molar-refractivity contribution in [3.8, 4) is 11.4 Å². The Labute approximate surface area is 322 Å². The van der Waals surface area contributed by atoms with Crippen LogP contribution >= 0.6 is 0 Å². The number of hydrogen-bond acceptors (Lipinski definition) is 9. The van der Waals surface area contributed by atoms with E-state index < -0.39 is 78.2 Å². The summed E-state index contributed by atoms with van der Waals surface area (Å²) < 4.78 is 69.7. The molecule has 4 atom stereocenters. The van der Waals surface area contributed by atoms with Crippen LogP contribution in [0.25, 0.3) is 22.3 Å². The predicted molar refractivity (Wildman–Crippen MR) is 195 cm³/mol. The zero-order chi connectivity index (χ0) is 41.0. The monoisotopic (exact) mass is 793 g/mol. The van der Waals surface area contributed by atoms with Crippen molar-refractivity contribution in [3.05, 3.63) is 97.6 Å². The average Bonchev–Trinajstić information content (AvgIpc) is 3.54. The molecule has 4 N–H and O–H groups in total. The van der Waals surface area contributed by atoms with Crippen molar-refractivity contribution in [3.63, 3.8) is 0 Å². The van der Waals surface area contributed by atoms with Crippen molar-refractivity contribution in [2.75, 3.05) is 13.3 Å². The number of amides is 3. The standard InChI is InChI=1S/C40H39F4N5O8/c1-4-39(55)25-13-29-33-23(16-49(29)37(53)24(25)17-56-38(39)54)32-27(11-10-22-20(3)26(41)14-28(47-33)31(22)32)48-36(52)34(40(42,43)44)57-18-46-30(50)15-45-35(51)19(2)12-21-8-6-5-7-9-21/h5-9,13-14,19,27,34,55H,4,10-12,15-18H2,1-3H3,(H,45,51)(H,46,50)(H,48,52)/t19-,27-,34+,39-/m0/s1. The van der Waals surface area contributed by atoms with Crippen LogP contribution < -0.4 is 21.5 Å². The van der Waals surface area contributed by atoms with Crippen LogP contribution in [0.5, 0.6) is 0 Å². The molecule has 0 spiro atoms. The van der Waals surface area contributed by atoms with Gasteiger partial charge in [0.1, 0.15) is 19.2 Å². The fraction of sp³-hybridized carbons (Fsp3) is 0.400. The van der Waals surface area contributed by atoms with Gasteiger partial charge in [0.15, 0.2) is 5.60 Å². The molecule has 3 amide bonds. The van der Waals surface area contributed by atoms with Crippen molar-refractivity contribution >= 4 is 34.6 Å². The predicted octanol–water partition coefficient (Wildman–Crippen LogP) is 3.65. The molecular formula is C40H39F4N5O8. The molecule has 300 valence electrons. The number of carbonyl (C=O) groups excluding carboxylic acids is 4. The molecule has 0 fully saturated rings. The molecule has 0 bridgehead atoms. The number of aromatic nitrogens is 2. The molecule has 0 saturated heterocycles. The first-order valence-electron chi connectivity index (χ1n) is 18.4. The minimum atomic E-state index is -5.21. The van der Waals surface area contributed by atoms with Gasteiger partial charge < -0.3 is 35.1 Å². The molecule has 3 aliphatic rings. The quantitative estimate of drug-likeness (QED) is 0.0884. The first kappa shape index (κ1) is 39.6. The molecular weight excluding hydrogens is 754 g/mol. The average molecular weight is 794 g/mol. The maximum atomic E-state index is 15.3. The Morgan fingerprint density at radius 2 is 1.82 bits per heavy atom. The van der Waals surface area contributed by atoms with Gasteiger partial charge in [-0.25, -0.2) is 14.2 Å². The summed E-state index contributed by atoms with van der Waals surface area (Å²) in [5.74, 6) is -4.83. The maximum Gasteiger partial charge on any atom is 0.423 e. The number of cyclic esters (lactones) is 1. The molecule has 0 saturated carbocycles. The summed E-state index contributed by atoms with van der Waals surface area (Å²) in [6.07, 6.45) is -7.70. The minimum Gasteiger partial charge on any atom is -0.458 e. The lowest BCUT2D eigenvalue weighted by molar-refractivity contribution is -0.220. The Bertz CT molecular complexity index is 2380. The molecule has 17 heteroatoms. The van der Waals surface area contributed by atoms with Crippen molar-refractivity contribution in [2.24, 2.45) is 5.92 Å². The molecule has 1 aliphatic carbocycles. The van der Waals surface area contributed by atoms with E-state index in [-0.39, 0.29) is 60.4 Å². The summed E-state index contributed by atoms with van der Waals surface area (Å²) in [5, 5.41) is 18.7. The fourth-order valence-electron chi connectivity index (χ4n) is 7.94. The number of hydrogen-bond donors (Lipinski definition) is 4. The number of nitrogens with one attached hydrogen (secondary N) is 3. The van der Waals surface area contributed by atoms with Crippen LogP contribution in [-0.2, 0) is 60.2 Å². The van der Waals surface area contributed by atoms with E-state index in [4.69, 9.17) is 14.5 Å². The number of nitrogens with zero attached hydrogens (tertiary/aromatic N) is 2. The van der Waals surface area contributed by atoms with Gasteiger partial charge in [0, 0.05) is 28.5 Å². The smallest absolute Gasteiger partial charge is 0.423 e. The lowest BCUT2D eigenvalue weighted by Gasteiger charge is -2.31. The summed E-state index contributed by atoms with van der Waals surface area (Å²) >= 11 is 0. The highest BCUT2D eigenvalue weighted by Gasteiger charge is 2.48. The van der Waals surface area contributed by atoms with Crippen molar-refractivity contribution in [1.29, 1.82) is 0 Å². The Morgan fingerprint density at radius 3 is 2.53 bits per heavy atom. The molecule has 4 aromatic rings. The number of rotatable bonds is 11. The molecule has 57 heavy (non-hydrogen) atoms. The van der Waals surface area contributed by atoms with Crippen LogP contribution in [0.3, 0.4) is 0 Å². The minimum absolute atomic E-state index is 0.0405. The van der Waals surface area contributed by atoms with E-state index in [1.807, 2.05) is 30.3 Å². The van der Waals surface area contributed by atoms with E-state index >= 15 is 4.39 Å². The number of pyridine rings is 2. The van der Waals surface area contributed by atoms with Crippen LogP contribution in [-0.4, -0.2) is 63.9 Å². The van der Waals surface area contributed by atoms with E-state index in [1.165, 1.54) is 16.7 Å². The SMILES string of the molecule is CC[C@@]1(O)C(=O)OCc2c1cc1n(c2=O)Cc2c-1nc1cc(F)c(C)c3c1c2[C@@H](NC(=O)[C@@H](OCNC(=O)CNC(=O)[C@@H](C)Cc1ccccc1)C(F)(F)F)CC3. The van der Waals surface area contributed by atoms with E-state index in [2.05, 4.69) is 16.0 Å². The van der Waals surface area contributed by atoms with Crippen LogP contribution in [0.2, 0.25) is 0 Å². The highest BCUT2D eigenvalue weighted by Crippen LogP contribution is 2.46. The second-order valence-corrected chi connectivity index (χ2v) is 14.6. The number of esters is 1. The third-order valence-electron chi connectivity index (χ3n) is 11.0. The fourth-order valence-corrected chi connectivity index (χ4v) is 7.94. The first-order chi connectivity index (χ1) is 27.0. The summed E-state index contributed by atoms with van der Waals surface area (Å²) in [5.41, 5.74) is 0.405. The van der Waals surface area contributed by atoms with Gasteiger partial charge in [0.05, 0.1) is 41.6 Å². The van der Waals surface area contributed by atoms with E-state index in [0.29, 0.717) is 34.1 Å². The molecule has 7 rings (SSSR count).